The number of allylic oxidation sites excluding steroid dienone is 2. The maximum atomic E-state index is 13.9. The molecule has 0 atom stereocenters. The second-order valence-electron chi connectivity index (χ2n) is 11.5. The van der Waals surface area contributed by atoms with Crippen LogP contribution in [0.5, 0.6) is 0 Å². The summed E-state index contributed by atoms with van der Waals surface area (Å²) >= 11 is 0. The number of anilines is 3. The first kappa shape index (κ1) is 20.7. The third-order valence-electron chi connectivity index (χ3n) is 9.35. The van der Waals surface area contributed by atoms with Gasteiger partial charge in [-0.2, -0.15) is 0 Å². The van der Waals surface area contributed by atoms with Crippen molar-refractivity contribution in [1.29, 1.82) is 0 Å². The van der Waals surface area contributed by atoms with E-state index >= 15 is 0 Å². The van der Waals surface area contributed by atoms with Crippen LogP contribution in [0.15, 0.2) is 71.4 Å². The average Bonchev–Trinajstić information content (AvgIpc) is 2.90. The van der Waals surface area contributed by atoms with Gasteiger partial charge in [0.05, 0.1) is 22.2 Å². The number of ketones is 1. The molecule has 0 bridgehead atoms. The Bertz CT molecular complexity index is 1950. The summed E-state index contributed by atoms with van der Waals surface area (Å²) in [6.07, 6.45) is 6.27. The van der Waals surface area contributed by atoms with Gasteiger partial charge in [-0.15, -0.1) is 0 Å². The highest BCUT2D eigenvalue weighted by molar-refractivity contribution is 6.52. The van der Waals surface area contributed by atoms with E-state index in [1.807, 2.05) is 24.3 Å². The Labute approximate surface area is 218 Å². The van der Waals surface area contributed by atoms with E-state index in [0.29, 0.717) is 11.1 Å². The quantitative estimate of drug-likeness (QED) is 0.285. The summed E-state index contributed by atoms with van der Waals surface area (Å²) < 4.78 is 0. The van der Waals surface area contributed by atoms with Gasteiger partial charge in [0.2, 0.25) is 5.78 Å². The Morgan fingerprint density at radius 2 is 1.45 bits per heavy atom. The first-order valence-electron chi connectivity index (χ1n) is 13.6. The van der Waals surface area contributed by atoms with Gasteiger partial charge in [0.1, 0.15) is 17.1 Å². The van der Waals surface area contributed by atoms with Gasteiger partial charge in [0.15, 0.2) is 0 Å². The lowest BCUT2D eigenvalue weighted by Gasteiger charge is -2.48. The minimum absolute atomic E-state index is 0.0653. The number of benzene rings is 4. The van der Waals surface area contributed by atoms with Crippen LogP contribution in [0.2, 0.25) is 0 Å². The van der Waals surface area contributed by atoms with E-state index in [2.05, 4.69) is 52.3 Å². The predicted octanol–water partition coefficient (Wildman–Crippen LogP) is 5.34. The first-order valence-corrected chi connectivity index (χ1v) is 13.6. The summed E-state index contributed by atoms with van der Waals surface area (Å²) in [6.45, 7) is 0. The molecule has 5 aliphatic rings. The van der Waals surface area contributed by atoms with Crippen molar-refractivity contribution >= 4 is 55.5 Å². The Morgan fingerprint density at radius 1 is 0.737 bits per heavy atom. The summed E-state index contributed by atoms with van der Waals surface area (Å²) in [6, 6.07) is 20.5. The fourth-order valence-electron chi connectivity index (χ4n) is 7.06. The Balaban J connectivity index is 1.30. The Kier molecular flexibility index (Phi) is 3.68. The number of aliphatic hydroxyl groups is 1. The van der Waals surface area contributed by atoms with Crippen LogP contribution in [0.1, 0.15) is 44.1 Å². The van der Waals surface area contributed by atoms with E-state index in [1.54, 1.807) is 0 Å². The van der Waals surface area contributed by atoms with Crippen LogP contribution < -0.4 is 26.5 Å². The highest BCUT2D eigenvalue weighted by Crippen LogP contribution is 2.50. The molecule has 2 spiro atoms. The van der Waals surface area contributed by atoms with Gasteiger partial charge in [0.25, 0.3) is 0 Å². The fourth-order valence-corrected chi connectivity index (χ4v) is 7.06. The van der Waals surface area contributed by atoms with Crippen LogP contribution in [0.25, 0.3) is 32.7 Å². The second-order valence-corrected chi connectivity index (χ2v) is 11.5. The number of carbonyl (C=O) groups is 1. The number of hydrogen-bond acceptors (Lipinski definition) is 6. The lowest BCUT2D eigenvalue weighted by atomic mass is 9.77. The van der Waals surface area contributed by atoms with E-state index in [1.165, 1.54) is 0 Å². The molecule has 4 aromatic rings. The van der Waals surface area contributed by atoms with Crippen molar-refractivity contribution in [2.24, 2.45) is 4.99 Å². The number of nitrogens with one attached hydrogen (secondary N) is 3. The van der Waals surface area contributed by atoms with Crippen LogP contribution in [-0.2, 0) is 4.79 Å². The molecule has 0 saturated heterocycles. The zero-order chi connectivity index (χ0) is 25.2. The molecule has 38 heavy (non-hydrogen) atoms. The largest absolute Gasteiger partial charge is 0.506 e. The first-order chi connectivity index (χ1) is 18.5. The SMILES string of the molecule is O=C1C(c2ccc3cccc4c3c2NC2(CCC2)N4)=C(O)/C1=c1/ccc2cccc3c2c1=NC1(CCC1)N3. The van der Waals surface area contributed by atoms with Gasteiger partial charge in [-0.1, -0.05) is 48.5 Å². The summed E-state index contributed by atoms with van der Waals surface area (Å²) in [5, 5.41) is 28.4. The van der Waals surface area contributed by atoms with Crippen molar-refractivity contribution in [1.82, 2.24) is 0 Å². The Hall–Kier alpha value is -4.32. The summed E-state index contributed by atoms with van der Waals surface area (Å²) in [7, 11) is 0. The van der Waals surface area contributed by atoms with E-state index in [9.17, 15) is 9.90 Å². The number of hydrogen-bond donors (Lipinski definition) is 4. The topological polar surface area (TPSA) is 85.8 Å². The molecule has 3 aliphatic carbocycles. The molecular formula is C32H26N4O2. The molecule has 4 N–H and O–H groups in total. The van der Waals surface area contributed by atoms with Gasteiger partial charge in [-0.05, 0) is 61.4 Å². The third-order valence-corrected chi connectivity index (χ3v) is 9.35. The summed E-state index contributed by atoms with van der Waals surface area (Å²) in [5.74, 6) is -0.0569. The predicted molar refractivity (Wildman–Crippen MR) is 151 cm³/mol. The standard InChI is InChI=1S/C32H26N4O2/c37-29-25(19-11-9-17-5-1-7-21-23(17)27(19)35-31(33-21)13-3-14-31)30(38)26(29)20-12-10-18-6-2-8-22-24(18)28(20)36-32(34-22)15-4-16-32/h1-2,5-12,33-35,37H,3-4,13-16H2/b26-20+. The van der Waals surface area contributed by atoms with Crippen molar-refractivity contribution in [3.8, 4) is 0 Å². The monoisotopic (exact) mass is 498 g/mol. The normalized spacial score (nSPS) is 22.7. The number of Topliss-reactive ketones (excluding diaryl/α,β-unsaturated/α-hetero) is 1. The van der Waals surface area contributed by atoms with Gasteiger partial charge in [-0.3, -0.25) is 9.79 Å². The number of nitrogens with zero attached hydrogens (tertiary/aromatic N) is 1. The maximum Gasteiger partial charge on any atom is 0.201 e. The summed E-state index contributed by atoms with van der Waals surface area (Å²) in [5.41, 5.74) is 4.12. The lowest BCUT2D eigenvalue weighted by molar-refractivity contribution is -0.109. The van der Waals surface area contributed by atoms with E-state index in [0.717, 1.165) is 93.3 Å². The van der Waals surface area contributed by atoms with Crippen LogP contribution in [0.3, 0.4) is 0 Å². The molecule has 6 nitrogen and oxygen atoms in total. The van der Waals surface area contributed by atoms with Crippen LogP contribution in [0, 0.1) is 0 Å². The molecule has 9 rings (SSSR count). The lowest BCUT2D eigenvalue weighted by Crippen LogP contribution is -2.53. The van der Waals surface area contributed by atoms with Crippen molar-refractivity contribution in [3.05, 3.63) is 82.6 Å². The summed E-state index contributed by atoms with van der Waals surface area (Å²) in [4.78, 5) is 19.1. The molecule has 0 aromatic heterocycles. The third kappa shape index (κ3) is 2.48. The molecule has 6 heteroatoms. The fraction of sp³-hybridized carbons (Fsp3) is 0.250. The maximum absolute atomic E-state index is 13.9. The van der Waals surface area contributed by atoms with Crippen LogP contribution >= 0.6 is 0 Å². The molecule has 2 saturated carbocycles. The van der Waals surface area contributed by atoms with Crippen molar-refractivity contribution in [2.45, 2.75) is 49.9 Å². The highest BCUT2D eigenvalue weighted by Gasteiger charge is 2.44. The van der Waals surface area contributed by atoms with Crippen molar-refractivity contribution in [3.63, 3.8) is 0 Å². The number of aliphatic hydroxyl groups excluding tert-OH is 1. The highest BCUT2D eigenvalue weighted by atomic mass is 16.3. The number of rotatable bonds is 1. The van der Waals surface area contributed by atoms with Gasteiger partial charge < -0.3 is 21.1 Å². The van der Waals surface area contributed by atoms with E-state index in [4.69, 9.17) is 4.99 Å². The minimum Gasteiger partial charge on any atom is -0.506 e. The van der Waals surface area contributed by atoms with Crippen molar-refractivity contribution < 1.29 is 9.90 Å². The second kappa shape index (κ2) is 6.76. The average molecular weight is 499 g/mol. The van der Waals surface area contributed by atoms with E-state index in [-0.39, 0.29) is 22.9 Å². The zero-order valence-electron chi connectivity index (χ0n) is 20.8. The zero-order valence-corrected chi connectivity index (χ0v) is 20.8. The van der Waals surface area contributed by atoms with E-state index < -0.39 is 0 Å². The van der Waals surface area contributed by atoms with Crippen LogP contribution in [-0.4, -0.2) is 22.2 Å². The molecule has 2 aliphatic heterocycles. The molecule has 0 radical (unpaired) electrons. The van der Waals surface area contributed by atoms with Gasteiger partial charge >= 0.3 is 0 Å². The molecule has 0 unspecified atom stereocenters. The number of carbonyl (C=O) groups excluding carboxylic acids is 1. The van der Waals surface area contributed by atoms with Gasteiger partial charge in [0, 0.05) is 32.9 Å². The minimum atomic E-state index is -0.306. The molecule has 4 aromatic carbocycles. The molecule has 2 heterocycles. The van der Waals surface area contributed by atoms with Crippen LogP contribution in [0.4, 0.5) is 17.1 Å². The molecular weight excluding hydrogens is 472 g/mol. The molecule has 2 fully saturated rings. The molecule has 186 valence electrons. The van der Waals surface area contributed by atoms with Crippen molar-refractivity contribution in [2.75, 3.05) is 16.0 Å². The molecule has 0 amide bonds. The Morgan fingerprint density at radius 3 is 2.13 bits per heavy atom. The smallest absolute Gasteiger partial charge is 0.201 e. The van der Waals surface area contributed by atoms with Gasteiger partial charge in [-0.25, -0.2) is 0 Å².